The zero-order valence-corrected chi connectivity index (χ0v) is 69.2. The molecule has 0 bridgehead atoms. The lowest BCUT2D eigenvalue weighted by molar-refractivity contribution is 0.0493. The maximum Gasteiger partial charge on any atom is 0.0701 e. The van der Waals surface area contributed by atoms with Gasteiger partial charge in [-0.3, -0.25) is 0 Å². The summed E-state index contributed by atoms with van der Waals surface area (Å²) in [5.74, 6) is 0. The maximum absolute atomic E-state index is 9.99. The van der Waals surface area contributed by atoms with Crippen LogP contribution in [0.2, 0.25) is 0 Å². The van der Waals surface area contributed by atoms with E-state index in [-0.39, 0.29) is 24.4 Å². The number of hydrogen-bond acceptors (Lipinski definition) is 19. The first-order valence-electron chi connectivity index (χ1n) is 43.8. The molecule has 16 N–H and O–H groups in total. The molecule has 0 aliphatic rings. The summed E-state index contributed by atoms with van der Waals surface area (Å²) in [6.45, 7) is 29.4. The summed E-state index contributed by atoms with van der Waals surface area (Å²) in [4.78, 5) is 2.30. The van der Waals surface area contributed by atoms with Gasteiger partial charge >= 0.3 is 0 Å². The van der Waals surface area contributed by atoms with Gasteiger partial charge in [0.1, 0.15) is 0 Å². The molecule has 4 atom stereocenters. The number of nitrogens with two attached hydrogens (primary N) is 2. The van der Waals surface area contributed by atoms with Crippen molar-refractivity contribution in [3.05, 3.63) is 0 Å². The fourth-order valence-electron chi connectivity index (χ4n) is 11.9. The Hall–Kier alpha value is -0.760. The van der Waals surface area contributed by atoms with Crippen molar-refractivity contribution in [1.82, 2.24) is 47.4 Å². The van der Waals surface area contributed by atoms with Gasteiger partial charge < -0.3 is 98.3 Å². The predicted molar refractivity (Wildman–Crippen MR) is 443 cm³/mol. The van der Waals surface area contributed by atoms with Gasteiger partial charge in [-0.1, -0.05) is 297 Å². The van der Waals surface area contributed by atoms with Crippen molar-refractivity contribution >= 4 is 0 Å². The van der Waals surface area contributed by atoms with Gasteiger partial charge in [0.25, 0.3) is 0 Å². The Labute approximate surface area is 634 Å². The van der Waals surface area contributed by atoms with E-state index in [2.05, 4.69) is 82.2 Å². The first-order valence-corrected chi connectivity index (χ1v) is 43.8. The quantitative estimate of drug-likeness (QED) is 0.0252. The summed E-state index contributed by atoms with van der Waals surface area (Å²) in [6, 6.07) is 0. The average Bonchev–Trinajstić information content (AvgIpc) is 3.49. The molecule has 0 aromatic carbocycles. The van der Waals surface area contributed by atoms with E-state index in [1.165, 1.54) is 250 Å². The molecule has 0 aliphatic carbocycles. The first-order chi connectivity index (χ1) is 50.1. The number of rotatable bonds is 85. The van der Waals surface area contributed by atoms with Crippen LogP contribution in [0.4, 0.5) is 0 Å². The number of ether oxygens (including phenoxy) is 4. The first kappa shape index (κ1) is 108. The fourth-order valence-corrected chi connectivity index (χ4v) is 11.9. The minimum Gasteiger partial charge on any atom is -0.392 e. The molecule has 0 rings (SSSR count). The molecule has 0 aliphatic heterocycles. The number of nitrogens with one attached hydrogen (secondary N) is 8. The number of unbranched alkanes of at least 4 members (excludes halogenated alkanes) is 38. The van der Waals surface area contributed by atoms with E-state index in [1.54, 1.807) is 0 Å². The smallest absolute Gasteiger partial charge is 0.0701 e. The van der Waals surface area contributed by atoms with Crippen LogP contribution in [0.5, 0.6) is 0 Å². The number of aliphatic hydroxyl groups excluding tert-OH is 4. The van der Waals surface area contributed by atoms with Crippen LogP contribution in [0, 0.1) is 0 Å². The summed E-state index contributed by atoms with van der Waals surface area (Å²) in [6.07, 6.45) is 59.5. The molecular formula is C83H185N11O8. The summed E-state index contributed by atoms with van der Waals surface area (Å²) in [5, 5.41) is 65.9. The number of aliphatic hydroxyl groups is 4. The Balaban J connectivity index is -0.000000628. The van der Waals surface area contributed by atoms with Gasteiger partial charge in [0.15, 0.2) is 0 Å². The molecule has 0 spiro atoms. The summed E-state index contributed by atoms with van der Waals surface area (Å²) < 4.78 is 21.5. The van der Waals surface area contributed by atoms with E-state index in [4.69, 9.17) is 30.4 Å². The summed E-state index contributed by atoms with van der Waals surface area (Å²) in [5.41, 5.74) is 10.7. The van der Waals surface area contributed by atoms with Crippen molar-refractivity contribution < 1.29 is 39.4 Å². The van der Waals surface area contributed by atoms with Crippen molar-refractivity contribution in [2.45, 2.75) is 347 Å². The van der Waals surface area contributed by atoms with Crippen LogP contribution < -0.4 is 54.0 Å². The SMILES string of the molecule is CCCCCCCCCCCCC(O)CNCCN(C)CCNC.CCCCCCCCCCCCC(O)CNCCNCCNCCN.CCCCCCCCCCCCC(O)CNCCOCCOCCNC.CCCCCCCCCCCCCCC(O)CNCCOCCOCCN. The largest absolute Gasteiger partial charge is 0.392 e. The van der Waals surface area contributed by atoms with E-state index < -0.39 is 0 Å². The molecule has 0 saturated heterocycles. The highest BCUT2D eigenvalue weighted by Gasteiger charge is 2.08. The summed E-state index contributed by atoms with van der Waals surface area (Å²) in [7, 11) is 6.03. The van der Waals surface area contributed by atoms with Gasteiger partial charge in [-0.25, -0.2) is 0 Å². The van der Waals surface area contributed by atoms with Crippen LogP contribution in [0.1, 0.15) is 323 Å². The Bertz CT molecular complexity index is 1380. The highest BCUT2D eigenvalue weighted by atomic mass is 16.5. The zero-order chi connectivity index (χ0) is 75.3. The van der Waals surface area contributed by atoms with Gasteiger partial charge in [0.2, 0.25) is 0 Å². The van der Waals surface area contributed by atoms with Crippen LogP contribution in [-0.2, 0) is 18.9 Å². The molecule has 0 amide bonds. The third-order valence-electron chi connectivity index (χ3n) is 18.6. The van der Waals surface area contributed by atoms with E-state index in [0.717, 1.165) is 137 Å². The number of hydrogen-bond donors (Lipinski definition) is 14. The van der Waals surface area contributed by atoms with Gasteiger partial charge in [-0.2, -0.15) is 0 Å². The Morgan fingerprint density at radius 2 is 0.490 bits per heavy atom. The lowest BCUT2D eigenvalue weighted by atomic mass is 10.0. The highest BCUT2D eigenvalue weighted by molar-refractivity contribution is 4.66. The van der Waals surface area contributed by atoms with Crippen LogP contribution >= 0.6 is 0 Å². The second kappa shape index (κ2) is 102. The standard InChI is InChI=1S/C22H48N2O3.C21H46N2O3.C20H46N4O.C20H45N3O/c1-2-3-4-5-6-7-8-9-10-11-12-13-14-22(25)21-24-16-18-27-20-19-26-17-15-23;1-3-4-5-6-7-8-9-10-11-12-13-21(24)20-23-15-17-26-19-18-25-16-14-22-2;1-2-3-4-5-6-7-8-9-10-11-12-20(25)19-24-18-17-23-16-15-22-14-13-21;1-4-5-6-7-8-9-10-11-12-13-14-20(24)19-22-16-18-23(3)17-15-21-2/h22,24-25H,2-21,23H2,1H3;21-24H,3-20H2,1-2H3;20,22-25H,2-19,21H2,1H3;20-22,24H,4-19H2,1-3H3. The van der Waals surface area contributed by atoms with Crippen molar-refractivity contribution in [3.63, 3.8) is 0 Å². The van der Waals surface area contributed by atoms with Crippen molar-refractivity contribution in [1.29, 1.82) is 0 Å². The molecule has 19 nitrogen and oxygen atoms in total. The van der Waals surface area contributed by atoms with Crippen molar-refractivity contribution in [3.8, 4) is 0 Å². The minimum absolute atomic E-state index is 0.179. The van der Waals surface area contributed by atoms with Crippen LogP contribution in [-0.4, -0.2) is 242 Å². The Morgan fingerprint density at radius 3 is 0.775 bits per heavy atom. The van der Waals surface area contributed by atoms with Crippen LogP contribution in [0.3, 0.4) is 0 Å². The van der Waals surface area contributed by atoms with E-state index >= 15 is 0 Å². The zero-order valence-electron chi connectivity index (χ0n) is 69.2. The van der Waals surface area contributed by atoms with Crippen molar-refractivity contribution in [2.24, 2.45) is 11.5 Å². The molecule has 4 unspecified atom stereocenters. The Morgan fingerprint density at radius 1 is 0.255 bits per heavy atom. The van der Waals surface area contributed by atoms with Gasteiger partial charge in [0.05, 0.1) is 77.3 Å². The lowest BCUT2D eigenvalue weighted by Gasteiger charge is -2.17. The second-order valence-electron chi connectivity index (χ2n) is 29.1. The second-order valence-corrected chi connectivity index (χ2v) is 29.1. The van der Waals surface area contributed by atoms with Crippen LogP contribution in [0.15, 0.2) is 0 Å². The maximum atomic E-state index is 9.99. The molecular weight excluding hydrogens is 1280 g/mol. The minimum atomic E-state index is -0.235. The monoisotopic (exact) mass is 1460 g/mol. The highest BCUT2D eigenvalue weighted by Crippen LogP contribution is 2.16. The molecule has 0 fully saturated rings. The molecule has 620 valence electrons. The number of nitrogens with zero attached hydrogens (tertiary/aromatic N) is 1. The van der Waals surface area contributed by atoms with E-state index in [0.29, 0.717) is 79.0 Å². The molecule has 0 saturated carbocycles. The molecule has 0 aromatic heterocycles. The number of likely N-dealkylation sites (N-methyl/N-ethyl adjacent to an activating group) is 3. The van der Waals surface area contributed by atoms with Crippen LogP contribution in [0.25, 0.3) is 0 Å². The molecule has 0 radical (unpaired) electrons. The lowest BCUT2D eigenvalue weighted by Crippen LogP contribution is -2.36. The summed E-state index contributed by atoms with van der Waals surface area (Å²) >= 11 is 0. The predicted octanol–water partition coefficient (Wildman–Crippen LogP) is 13.3. The molecule has 102 heavy (non-hydrogen) atoms. The van der Waals surface area contributed by atoms with E-state index in [1.807, 2.05) is 14.1 Å². The van der Waals surface area contributed by atoms with Crippen molar-refractivity contribution in [2.75, 3.05) is 192 Å². The molecule has 19 heteroatoms. The van der Waals surface area contributed by atoms with Gasteiger partial charge in [-0.15, -0.1) is 0 Å². The Kier molecular flexibility index (Phi) is 108. The van der Waals surface area contributed by atoms with Gasteiger partial charge in [-0.05, 0) is 46.8 Å². The topological polar surface area (TPSA) is 269 Å². The fraction of sp³-hybridized carbons (Fsp3) is 1.00. The molecule has 0 heterocycles. The average molecular weight is 1470 g/mol. The molecule has 0 aromatic rings. The van der Waals surface area contributed by atoms with Gasteiger partial charge in [0, 0.05) is 118 Å². The third kappa shape index (κ3) is 108. The van der Waals surface area contributed by atoms with E-state index in [9.17, 15) is 20.4 Å². The normalized spacial score (nSPS) is 12.6. The third-order valence-corrected chi connectivity index (χ3v) is 18.6.